The van der Waals surface area contributed by atoms with Crippen molar-refractivity contribution in [1.82, 2.24) is 4.57 Å². The summed E-state index contributed by atoms with van der Waals surface area (Å²) >= 11 is 4.23. The monoisotopic (exact) mass is 438 g/mol. The number of alkyl halides is 3. The van der Waals surface area contributed by atoms with Crippen molar-refractivity contribution < 1.29 is 27.8 Å². The van der Waals surface area contributed by atoms with Crippen LogP contribution in [0, 0.1) is 0 Å². The lowest BCUT2D eigenvalue weighted by Gasteiger charge is -2.20. The zero-order chi connectivity index (χ0) is 22.2. The van der Waals surface area contributed by atoms with Gasteiger partial charge in [0.25, 0.3) is 11.5 Å². The first-order valence-electron chi connectivity index (χ1n) is 8.63. The maximum absolute atomic E-state index is 13.0. The Bertz CT molecular complexity index is 1170. The van der Waals surface area contributed by atoms with Crippen LogP contribution in [-0.4, -0.2) is 29.0 Å². The van der Waals surface area contributed by atoms with Gasteiger partial charge in [0.15, 0.2) is 0 Å². The quantitative estimate of drug-likeness (QED) is 0.607. The van der Waals surface area contributed by atoms with E-state index in [1.807, 2.05) is 0 Å². The van der Waals surface area contributed by atoms with E-state index in [0.717, 1.165) is 17.0 Å². The molecule has 1 aromatic heterocycles. The molecular formula is C20H17F3N2O4S. The third kappa shape index (κ3) is 3.95. The molecule has 0 aliphatic rings. The lowest BCUT2D eigenvalue weighted by atomic mass is 10.0. The molecule has 6 nitrogen and oxygen atoms in total. The van der Waals surface area contributed by atoms with Gasteiger partial charge in [-0.05, 0) is 35.9 Å². The number of hydrogen-bond donors (Lipinski definition) is 2. The van der Waals surface area contributed by atoms with Crippen LogP contribution in [0.25, 0.3) is 10.9 Å². The number of hydrogen-bond acceptors (Lipinski definition) is 5. The van der Waals surface area contributed by atoms with E-state index in [4.69, 9.17) is 0 Å². The Labute approximate surface area is 174 Å². The molecule has 158 valence electrons. The molecular weight excluding hydrogens is 421 g/mol. The van der Waals surface area contributed by atoms with Gasteiger partial charge in [-0.25, -0.2) is 0 Å². The second-order valence-electron chi connectivity index (χ2n) is 6.46. The fraction of sp³-hybridized carbons (Fsp3) is 0.200. The molecule has 0 unspecified atom stereocenters. The van der Waals surface area contributed by atoms with Crippen LogP contribution >= 0.6 is 12.6 Å². The molecule has 0 aliphatic carbocycles. The number of carbonyl (C=O) groups excluding carboxylic acids is 1. The molecule has 1 heterocycles. The van der Waals surface area contributed by atoms with Crippen LogP contribution in [0.5, 0.6) is 11.5 Å². The minimum Gasteiger partial charge on any atom is -0.506 e. The number of carbonyl (C=O) groups is 1. The van der Waals surface area contributed by atoms with Crippen molar-refractivity contribution >= 4 is 35.1 Å². The molecule has 0 saturated heterocycles. The Morgan fingerprint density at radius 2 is 1.83 bits per heavy atom. The lowest BCUT2D eigenvalue weighted by Crippen LogP contribution is -2.34. The Morgan fingerprint density at radius 1 is 1.20 bits per heavy atom. The van der Waals surface area contributed by atoms with Gasteiger partial charge >= 0.3 is 6.36 Å². The van der Waals surface area contributed by atoms with Gasteiger partial charge in [-0.15, -0.1) is 13.2 Å². The molecule has 3 aromatic rings. The molecule has 3 rings (SSSR count). The highest BCUT2D eigenvalue weighted by Gasteiger charge is 2.31. The van der Waals surface area contributed by atoms with E-state index in [9.17, 15) is 27.9 Å². The van der Waals surface area contributed by atoms with Crippen LogP contribution in [0.15, 0.2) is 47.3 Å². The number of thiol groups is 1. The number of pyridine rings is 1. The summed E-state index contributed by atoms with van der Waals surface area (Å²) < 4.78 is 42.0. The standard InChI is InChI=1S/C20H17F3N2O4S/c1-24(12-6-8-13(9-7-12)29-20(21,22)23)18(27)16-17(26)15-11(10-30)4-3-5-14(15)25(2)19(16)28/h3-9,26,30H,10H2,1-2H3. The summed E-state index contributed by atoms with van der Waals surface area (Å²) in [5.74, 6) is -1.46. The molecule has 0 aliphatic heterocycles. The molecule has 0 atom stereocenters. The largest absolute Gasteiger partial charge is 0.573 e. The zero-order valence-corrected chi connectivity index (χ0v) is 16.8. The normalized spacial score (nSPS) is 11.5. The summed E-state index contributed by atoms with van der Waals surface area (Å²) in [7, 11) is 2.82. The highest BCUT2D eigenvalue weighted by Crippen LogP contribution is 2.32. The van der Waals surface area contributed by atoms with Gasteiger partial charge in [0.2, 0.25) is 0 Å². The summed E-state index contributed by atoms with van der Waals surface area (Å²) in [6.07, 6.45) is -4.84. The van der Waals surface area contributed by atoms with Crippen LogP contribution in [0.4, 0.5) is 18.9 Å². The van der Waals surface area contributed by atoms with Crippen molar-refractivity contribution in [2.24, 2.45) is 7.05 Å². The van der Waals surface area contributed by atoms with Crippen molar-refractivity contribution in [2.75, 3.05) is 11.9 Å². The number of aryl methyl sites for hydroxylation is 1. The average Bonchev–Trinajstić information content (AvgIpc) is 2.70. The number of benzene rings is 2. The van der Waals surface area contributed by atoms with E-state index in [-0.39, 0.29) is 11.4 Å². The van der Waals surface area contributed by atoms with Gasteiger partial charge in [0.05, 0.1) is 5.52 Å². The summed E-state index contributed by atoms with van der Waals surface area (Å²) in [5, 5.41) is 11.1. The SMILES string of the molecule is CN(C(=O)c1c(O)c2c(CS)cccc2n(C)c1=O)c1ccc(OC(F)(F)F)cc1. The number of fused-ring (bicyclic) bond motifs is 1. The number of anilines is 1. The second kappa shape index (κ2) is 7.94. The number of aromatic hydroxyl groups is 1. The van der Waals surface area contributed by atoms with Crippen LogP contribution in [0.2, 0.25) is 0 Å². The smallest absolute Gasteiger partial charge is 0.506 e. The van der Waals surface area contributed by atoms with Gasteiger partial charge in [-0.3, -0.25) is 9.59 Å². The van der Waals surface area contributed by atoms with Gasteiger partial charge in [0.1, 0.15) is 17.1 Å². The van der Waals surface area contributed by atoms with E-state index in [2.05, 4.69) is 17.4 Å². The molecule has 0 radical (unpaired) electrons. The topological polar surface area (TPSA) is 71.8 Å². The minimum atomic E-state index is -4.84. The maximum Gasteiger partial charge on any atom is 0.573 e. The highest BCUT2D eigenvalue weighted by molar-refractivity contribution is 7.79. The van der Waals surface area contributed by atoms with E-state index in [0.29, 0.717) is 16.5 Å². The summed E-state index contributed by atoms with van der Waals surface area (Å²) in [6, 6.07) is 9.64. The number of rotatable bonds is 4. The summed E-state index contributed by atoms with van der Waals surface area (Å²) in [6.45, 7) is 0. The molecule has 0 spiro atoms. The van der Waals surface area contributed by atoms with Crippen molar-refractivity contribution in [2.45, 2.75) is 12.1 Å². The summed E-state index contributed by atoms with van der Waals surface area (Å²) in [4.78, 5) is 26.9. The molecule has 30 heavy (non-hydrogen) atoms. The number of amides is 1. The molecule has 0 bridgehead atoms. The van der Waals surface area contributed by atoms with Crippen LogP contribution in [0.1, 0.15) is 15.9 Å². The number of halogens is 3. The average molecular weight is 438 g/mol. The molecule has 10 heteroatoms. The van der Waals surface area contributed by atoms with Crippen LogP contribution in [-0.2, 0) is 12.8 Å². The van der Waals surface area contributed by atoms with Crippen molar-refractivity contribution in [3.8, 4) is 11.5 Å². The third-order valence-electron chi connectivity index (χ3n) is 4.63. The number of nitrogens with zero attached hydrogens (tertiary/aromatic N) is 2. The molecule has 2 aromatic carbocycles. The Hall–Kier alpha value is -3.14. The molecule has 1 amide bonds. The minimum absolute atomic E-state index is 0.207. The predicted octanol–water partition coefficient (Wildman–Crippen LogP) is 3.85. The number of aromatic nitrogens is 1. The fourth-order valence-electron chi connectivity index (χ4n) is 3.12. The second-order valence-corrected chi connectivity index (χ2v) is 6.78. The fourth-order valence-corrected chi connectivity index (χ4v) is 3.39. The Kier molecular flexibility index (Phi) is 5.71. The Balaban J connectivity index is 2.05. The number of ether oxygens (including phenoxy) is 1. The van der Waals surface area contributed by atoms with Crippen molar-refractivity contribution in [3.05, 3.63) is 63.9 Å². The maximum atomic E-state index is 13.0. The molecule has 0 fully saturated rings. The van der Waals surface area contributed by atoms with E-state index < -0.39 is 34.9 Å². The van der Waals surface area contributed by atoms with Crippen molar-refractivity contribution in [3.63, 3.8) is 0 Å². The van der Waals surface area contributed by atoms with Gasteiger partial charge in [-0.1, -0.05) is 12.1 Å². The van der Waals surface area contributed by atoms with Gasteiger partial charge < -0.3 is 19.3 Å². The van der Waals surface area contributed by atoms with E-state index in [1.54, 1.807) is 18.2 Å². The van der Waals surface area contributed by atoms with Gasteiger partial charge in [-0.2, -0.15) is 12.6 Å². The van der Waals surface area contributed by atoms with Crippen LogP contribution in [0.3, 0.4) is 0 Å². The van der Waals surface area contributed by atoms with Crippen LogP contribution < -0.4 is 15.2 Å². The lowest BCUT2D eigenvalue weighted by molar-refractivity contribution is -0.274. The van der Waals surface area contributed by atoms with Gasteiger partial charge in [0, 0.05) is 30.9 Å². The predicted molar refractivity (Wildman–Crippen MR) is 109 cm³/mol. The zero-order valence-electron chi connectivity index (χ0n) is 15.9. The molecule has 0 saturated carbocycles. The van der Waals surface area contributed by atoms with E-state index >= 15 is 0 Å². The molecule has 1 N–H and O–H groups in total. The first-order chi connectivity index (χ1) is 14.0. The first-order valence-corrected chi connectivity index (χ1v) is 9.26. The first kappa shape index (κ1) is 21.6. The van der Waals surface area contributed by atoms with E-state index in [1.165, 1.54) is 30.8 Å². The summed E-state index contributed by atoms with van der Waals surface area (Å²) in [5.41, 5.74) is 0.132. The van der Waals surface area contributed by atoms with Crippen molar-refractivity contribution in [1.29, 1.82) is 0 Å². The Morgan fingerprint density at radius 3 is 2.40 bits per heavy atom. The third-order valence-corrected chi connectivity index (χ3v) is 4.97. The highest BCUT2D eigenvalue weighted by atomic mass is 32.1.